The van der Waals surface area contributed by atoms with Crippen molar-refractivity contribution >= 4 is 6.03 Å². The maximum Gasteiger partial charge on any atom is 0.315 e. The van der Waals surface area contributed by atoms with Crippen LogP contribution in [0.4, 0.5) is 4.79 Å². The molecule has 0 spiro atoms. The van der Waals surface area contributed by atoms with E-state index in [-0.39, 0.29) is 12.1 Å². The number of hydrogen-bond acceptors (Lipinski definition) is 3. The Morgan fingerprint density at radius 3 is 2.70 bits per heavy atom. The zero-order chi connectivity index (χ0) is 19.1. The molecule has 2 N–H and O–H groups in total. The number of aryl methyl sites for hydroxylation is 1. The van der Waals surface area contributed by atoms with Gasteiger partial charge in [-0.05, 0) is 55.3 Å². The third-order valence-corrected chi connectivity index (χ3v) is 4.03. The topological polar surface area (TPSA) is 68.2 Å². The number of carbonyl (C=O) groups is 1. The summed E-state index contributed by atoms with van der Waals surface area (Å²) in [6.07, 6.45) is 3.63. The van der Waals surface area contributed by atoms with Crippen LogP contribution >= 0.6 is 0 Å². The van der Waals surface area contributed by atoms with Crippen molar-refractivity contribution in [3.05, 3.63) is 78.1 Å². The van der Waals surface area contributed by atoms with Gasteiger partial charge in [0, 0.05) is 18.9 Å². The van der Waals surface area contributed by atoms with E-state index in [1.165, 1.54) is 0 Å². The smallest absolute Gasteiger partial charge is 0.315 e. The molecule has 0 aliphatic carbocycles. The van der Waals surface area contributed by atoms with Gasteiger partial charge in [0.2, 0.25) is 0 Å². The first-order valence-corrected chi connectivity index (χ1v) is 8.93. The van der Waals surface area contributed by atoms with Gasteiger partial charge in [0.15, 0.2) is 0 Å². The van der Waals surface area contributed by atoms with Crippen molar-refractivity contribution in [3.8, 4) is 11.4 Å². The largest absolute Gasteiger partial charge is 0.491 e. The van der Waals surface area contributed by atoms with Crippen molar-refractivity contribution in [2.45, 2.75) is 26.4 Å². The second-order valence-electron chi connectivity index (χ2n) is 6.47. The lowest BCUT2D eigenvalue weighted by Gasteiger charge is -2.16. The summed E-state index contributed by atoms with van der Waals surface area (Å²) in [6, 6.07) is 17.3. The number of hydrogen-bond donors (Lipinski definition) is 2. The quantitative estimate of drug-likeness (QED) is 0.675. The highest BCUT2D eigenvalue weighted by Gasteiger charge is 2.08. The number of urea groups is 1. The van der Waals surface area contributed by atoms with Gasteiger partial charge in [-0.15, -0.1) is 0 Å². The Bertz CT molecular complexity index is 860. The Morgan fingerprint density at radius 1 is 1.19 bits per heavy atom. The highest BCUT2D eigenvalue weighted by Crippen LogP contribution is 2.12. The van der Waals surface area contributed by atoms with Crippen molar-refractivity contribution in [1.29, 1.82) is 0 Å². The minimum Gasteiger partial charge on any atom is -0.491 e. The van der Waals surface area contributed by atoms with Gasteiger partial charge in [-0.1, -0.05) is 24.3 Å². The van der Waals surface area contributed by atoms with E-state index >= 15 is 0 Å². The zero-order valence-electron chi connectivity index (χ0n) is 15.6. The molecule has 0 fully saturated rings. The first-order chi connectivity index (χ1) is 13.1. The summed E-state index contributed by atoms with van der Waals surface area (Å²) in [5, 5.41) is 9.94. The van der Waals surface area contributed by atoms with Crippen LogP contribution in [-0.2, 0) is 6.54 Å². The van der Waals surface area contributed by atoms with Crippen LogP contribution in [0.1, 0.15) is 18.1 Å². The van der Waals surface area contributed by atoms with Crippen LogP contribution in [0.3, 0.4) is 0 Å². The van der Waals surface area contributed by atoms with Crippen LogP contribution in [0.5, 0.6) is 5.75 Å². The van der Waals surface area contributed by atoms with Crippen molar-refractivity contribution in [3.63, 3.8) is 0 Å². The second-order valence-corrected chi connectivity index (χ2v) is 6.47. The molecule has 6 heteroatoms. The molecule has 27 heavy (non-hydrogen) atoms. The fourth-order valence-electron chi connectivity index (χ4n) is 2.61. The molecule has 2 aromatic carbocycles. The van der Waals surface area contributed by atoms with Crippen molar-refractivity contribution in [2.24, 2.45) is 0 Å². The molecule has 1 aromatic heterocycles. The summed E-state index contributed by atoms with van der Waals surface area (Å²) >= 11 is 0. The molecule has 3 rings (SSSR count). The fourth-order valence-corrected chi connectivity index (χ4v) is 2.61. The number of rotatable bonds is 7. The highest BCUT2D eigenvalue weighted by atomic mass is 16.5. The molecule has 0 bridgehead atoms. The van der Waals surface area contributed by atoms with Crippen molar-refractivity contribution in [2.75, 3.05) is 6.61 Å². The molecule has 6 nitrogen and oxygen atoms in total. The van der Waals surface area contributed by atoms with Crippen LogP contribution in [0, 0.1) is 6.92 Å². The monoisotopic (exact) mass is 364 g/mol. The Labute approximate surface area is 159 Å². The maximum atomic E-state index is 12.1. The minimum absolute atomic E-state index is 0.104. The lowest BCUT2D eigenvalue weighted by molar-refractivity contribution is 0.226. The minimum atomic E-state index is -0.216. The van der Waals surface area contributed by atoms with Crippen LogP contribution in [0.25, 0.3) is 5.69 Å². The normalized spacial score (nSPS) is 11.6. The van der Waals surface area contributed by atoms with E-state index in [0.717, 1.165) is 22.6 Å². The summed E-state index contributed by atoms with van der Waals surface area (Å²) in [5.41, 5.74) is 3.14. The van der Waals surface area contributed by atoms with Crippen molar-refractivity contribution < 1.29 is 9.53 Å². The fraction of sp³-hybridized carbons (Fsp3) is 0.238. The number of aromatic nitrogens is 2. The summed E-state index contributed by atoms with van der Waals surface area (Å²) in [5.74, 6) is 0.807. The first kappa shape index (κ1) is 18.5. The number of amides is 2. The van der Waals surface area contributed by atoms with Gasteiger partial charge in [-0.2, -0.15) is 5.10 Å². The molecular formula is C21H24N4O2. The van der Waals surface area contributed by atoms with E-state index < -0.39 is 0 Å². The zero-order valence-corrected chi connectivity index (χ0v) is 15.6. The van der Waals surface area contributed by atoms with E-state index in [9.17, 15) is 4.79 Å². The predicted octanol–water partition coefficient (Wildman–Crippen LogP) is 3.45. The average molecular weight is 364 g/mol. The van der Waals surface area contributed by atoms with Crippen LogP contribution in [0.2, 0.25) is 0 Å². The molecule has 1 heterocycles. The third kappa shape index (κ3) is 5.60. The van der Waals surface area contributed by atoms with Gasteiger partial charge in [-0.25, -0.2) is 9.48 Å². The van der Waals surface area contributed by atoms with Gasteiger partial charge in [0.1, 0.15) is 12.4 Å². The number of benzene rings is 2. The summed E-state index contributed by atoms with van der Waals surface area (Å²) in [7, 11) is 0. The molecule has 0 aliphatic rings. The van der Waals surface area contributed by atoms with Crippen LogP contribution in [-0.4, -0.2) is 28.5 Å². The highest BCUT2D eigenvalue weighted by molar-refractivity contribution is 5.74. The number of carbonyl (C=O) groups excluding carboxylic acids is 1. The average Bonchev–Trinajstić information content (AvgIpc) is 3.20. The van der Waals surface area contributed by atoms with Gasteiger partial charge in [-0.3, -0.25) is 0 Å². The summed E-state index contributed by atoms with van der Waals surface area (Å²) in [6.45, 7) is 4.80. The molecule has 0 saturated carbocycles. The molecule has 1 atom stereocenters. The molecule has 1 unspecified atom stereocenters. The summed E-state index contributed by atoms with van der Waals surface area (Å²) in [4.78, 5) is 12.1. The molecule has 2 amide bonds. The third-order valence-electron chi connectivity index (χ3n) is 4.03. The summed E-state index contributed by atoms with van der Waals surface area (Å²) < 4.78 is 7.50. The Kier molecular flexibility index (Phi) is 6.10. The Balaban J connectivity index is 1.41. The van der Waals surface area contributed by atoms with E-state index in [2.05, 4.69) is 15.7 Å². The van der Waals surface area contributed by atoms with E-state index in [1.54, 1.807) is 10.9 Å². The van der Waals surface area contributed by atoms with Gasteiger partial charge in [0.05, 0.1) is 11.7 Å². The predicted molar refractivity (Wildman–Crippen MR) is 105 cm³/mol. The lowest BCUT2D eigenvalue weighted by atomic mass is 10.2. The maximum absolute atomic E-state index is 12.1. The molecule has 140 valence electrons. The van der Waals surface area contributed by atoms with Crippen LogP contribution in [0.15, 0.2) is 67.0 Å². The lowest BCUT2D eigenvalue weighted by Crippen LogP contribution is -2.43. The second kappa shape index (κ2) is 8.89. The van der Waals surface area contributed by atoms with Crippen molar-refractivity contribution in [1.82, 2.24) is 20.4 Å². The van der Waals surface area contributed by atoms with E-state index in [4.69, 9.17) is 4.74 Å². The Morgan fingerprint density at radius 2 is 2.00 bits per heavy atom. The molecule has 0 saturated heterocycles. The molecular weight excluding hydrogens is 340 g/mol. The molecule has 0 aliphatic heterocycles. The first-order valence-electron chi connectivity index (χ1n) is 8.93. The Hall–Kier alpha value is -3.28. The SMILES string of the molecule is Cc1cccc(OCC(C)NC(=O)NCc2ccc(-n3cccn3)cc2)c1. The van der Waals surface area contributed by atoms with E-state index in [1.807, 2.05) is 74.6 Å². The van der Waals surface area contributed by atoms with E-state index in [0.29, 0.717) is 13.2 Å². The number of nitrogens with zero attached hydrogens (tertiary/aromatic N) is 2. The van der Waals surface area contributed by atoms with Crippen LogP contribution < -0.4 is 15.4 Å². The standard InChI is InChI=1S/C21H24N4O2/c1-16-5-3-6-20(13-16)27-15-17(2)24-21(26)22-14-18-7-9-19(10-8-18)25-12-4-11-23-25/h3-13,17H,14-15H2,1-2H3,(H2,22,24,26). The van der Waals surface area contributed by atoms with Gasteiger partial charge >= 0.3 is 6.03 Å². The number of nitrogens with one attached hydrogen (secondary N) is 2. The number of ether oxygens (including phenoxy) is 1. The van der Waals surface area contributed by atoms with Gasteiger partial charge < -0.3 is 15.4 Å². The molecule has 0 radical (unpaired) electrons. The molecule has 3 aromatic rings. The van der Waals surface area contributed by atoms with Gasteiger partial charge in [0.25, 0.3) is 0 Å².